The molecule has 0 amide bonds. The van der Waals surface area contributed by atoms with Crippen molar-refractivity contribution in [2.45, 2.75) is 24.6 Å². The summed E-state index contributed by atoms with van der Waals surface area (Å²) in [6.07, 6.45) is -6.17. The Hall–Kier alpha value is -4.65. The van der Waals surface area contributed by atoms with Crippen molar-refractivity contribution in [2.24, 2.45) is 0 Å². The number of rotatable bonds is 6. The number of aromatic amines is 1. The van der Waals surface area contributed by atoms with Gasteiger partial charge in [-0.1, -0.05) is 41.6 Å². The zero-order valence-electron chi connectivity index (χ0n) is 18.5. The molecule has 3 N–H and O–H groups in total. The quantitative estimate of drug-likeness (QED) is 0.375. The first-order valence-electron chi connectivity index (χ1n) is 10.8. The van der Waals surface area contributed by atoms with Crippen LogP contribution in [0, 0.1) is 0 Å². The number of nitrogens with one attached hydrogen (secondary N) is 1. The molecule has 0 bridgehead atoms. The predicted molar refractivity (Wildman–Crippen MR) is 122 cm³/mol. The Labute approximate surface area is 201 Å². The molecule has 2 aromatic carbocycles. The number of ether oxygens (including phenoxy) is 3. The van der Waals surface area contributed by atoms with Gasteiger partial charge < -0.3 is 19.9 Å². The summed E-state index contributed by atoms with van der Waals surface area (Å²) in [7, 11) is 0. The Morgan fingerprint density at radius 1 is 1.06 bits per heavy atom. The van der Waals surface area contributed by atoms with Crippen LogP contribution in [0.2, 0.25) is 0 Å². The molecule has 5 rings (SSSR count). The Kier molecular flexibility index (Phi) is 6.12. The van der Waals surface area contributed by atoms with Crippen molar-refractivity contribution >= 4 is 29.1 Å². The number of benzene rings is 2. The van der Waals surface area contributed by atoms with Crippen molar-refractivity contribution in [3.63, 3.8) is 0 Å². The van der Waals surface area contributed by atoms with Crippen LogP contribution < -0.4 is 11.3 Å². The highest BCUT2D eigenvalue weighted by atomic mass is 19.1. The molecule has 3 heterocycles. The second kappa shape index (κ2) is 9.54. The molecule has 2 aromatic heterocycles. The van der Waals surface area contributed by atoms with E-state index in [-0.39, 0.29) is 28.2 Å². The van der Waals surface area contributed by atoms with Crippen LogP contribution >= 0.6 is 0 Å². The molecule has 1 saturated heterocycles. The minimum atomic E-state index is -1.93. The largest absolute Gasteiger partial charge is 0.459 e. The lowest BCUT2D eigenvalue weighted by Crippen LogP contribution is -2.35. The standard InChI is InChI=1S/C23H19FN6O6/c24-15-14(11-34-21(32)12-7-3-1-4-8-12)35-20(17(15)36-22(33)13-9-5-2-6-10-13)30-18-16(28-29-30)19(31)27-23(25)26-18/h1-10,14-15,17,20H,11H2,(H3,25,26,27,31)/t14-,15-,17-,20?/m1/s1. The highest BCUT2D eigenvalue weighted by molar-refractivity contribution is 5.90. The number of alkyl halides is 1. The summed E-state index contributed by atoms with van der Waals surface area (Å²) in [5.74, 6) is -1.72. The van der Waals surface area contributed by atoms with Crippen LogP contribution in [0.4, 0.5) is 10.3 Å². The number of nitrogen functional groups attached to an aromatic ring is 1. The van der Waals surface area contributed by atoms with Crippen molar-refractivity contribution in [3.8, 4) is 0 Å². The first-order chi connectivity index (χ1) is 17.4. The number of fused-ring (bicyclic) bond motifs is 1. The van der Waals surface area contributed by atoms with Gasteiger partial charge in [-0.15, -0.1) is 5.10 Å². The minimum absolute atomic E-state index is 0.101. The third kappa shape index (κ3) is 4.38. The van der Waals surface area contributed by atoms with E-state index in [1.807, 2.05) is 0 Å². The summed E-state index contributed by atoms with van der Waals surface area (Å²) in [6, 6.07) is 16.1. The van der Waals surface area contributed by atoms with Crippen molar-refractivity contribution in [1.82, 2.24) is 25.0 Å². The van der Waals surface area contributed by atoms with Crippen molar-refractivity contribution in [1.29, 1.82) is 0 Å². The fraction of sp³-hybridized carbons (Fsp3) is 0.217. The van der Waals surface area contributed by atoms with Crippen LogP contribution in [-0.2, 0) is 14.2 Å². The summed E-state index contributed by atoms with van der Waals surface area (Å²) in [5.41, 5.74) is 5.16. The van der Waals surface area contributed by atoms with E-state index in [4.69, 9.17) is 19.9 Å². The van der Waals surface area contributed by atoms with Gasteiger partial charge in [-0.05, 0) is 24.3 Å². The zero-order valence-corrected chi connectivity index (χ0v) is 18.5. The van der Waals surface area contributed by atoms with Crippen molar-refractivity contribution < 1.29 is 28.2 Å². The number of anilines is 1. The van der Waals surface area contributed by atoms with E-state index in [1.54, 1.807) is 48.5 Å². The Morgan fingerprint density at radius 2 is 1.69 bits per heavy atom. The average Bonchev–Trinajstić information content (AvgIpc) is 3.44. The molecule has 13 heteroatoms. The molecule has 1 fully saturated rings. The topological polar surface area (TPSA) is 164 Å². The van der Waals surface area contributed by atoms with Gasteiger partial charge in [-0.25, -0.2) is 14.0 Å². The van der Waals surface area contributed by atoms with Gasteiger partial charge in [0.2, 0.25) is 5.95 Å². The van der Waals surface area contributed by atoms with Gasteiger partial charge in [-0.2, -0.15) is 9.67 Å². The smallest absolute Gasteiger partial charge is 0.338 e. The number of aromatic nitrogens is 5. The van der Waals surface area contributed by atoms with Gasteiger partial charge in [0.05, 0.1) is 11.1 Å². The van der Waals surface area contributed by atoms with E-state index in [0.717, 1.165) is 4.68 Å². The number of hydrogen-bond acceptors (Lipinski definition) is 10. The van der Waals surface area contributed by atoms with Crippen LogP contribution in [0.5, 0.6) is 0 Å². The van der Waals surface area contributed by atoms with E-state index in [0.29, 0.717) is 0 Å². The molecule has 0 aliphatic carbocycles. The number of halogens is 1. The summed E-state index contributed by atoms with van der Waals surface area (Å²) in [5, 5.41) is 7.62. The van der Waals surface area contributed by atoms with E-state index < -0.39 is 48.7 Å². The molecule has 0 spiro atoms. The van der Waals surface area contributed by atoms with Gasteiger partial charge >= 0.3 is 11.9 Å². The predicted octanol–water partition coefficient (Wildman–Crippen LogP) is 1.41. The number of carbonyl (C=O) groups is 2. The molecule has 1 unspecified atom stereocenters. The van der Waals surface area contributed by atoms with Gasteiger partial charge in [0, 0.05) is 0 Å². The van der Waals surface area contributed by atoms with E-state index in [9.17, 15) is 14.4 Å². The third-order valence-electron chi connectivity index (χ3n) is 5.50. The average molecular weight is 494 g/mol. The molecule has 1 aliphatic rings. The van der Waals surface area contributed by atoms with Crippen molar-refractivity contribution in [2.75, 3.05) is 12.3 Å². The molecule has 1 aliphatic heterocycles. The monoisotopic (exact) mass is 494 g/mol. The summed E-state index contributed by atoms with van der Waals surface area (Å²) < 4.78 is 33.1. The lowest BCUT2D eigenvalue weighted by Gasteiger charge is -2.20. The van der Waals surface area contributed by atoms with Gasteiger partial charge in [-0.3, -0.25) is 9.78 Å². The first kappa shape index (κ1) is 23.1. The second-order valence-corrected chi connectivity index (χ2v) is 7.87. The molecule has 0 radical (unpaired) electrons. The van der Waals surface area contributed by atoms with E-state index >= 15 is 4.39 Å². The van der Waals surface area contributed by atoms with Crippen LogP contribution in [0.15, 0.2) is 65.5 Å². The Balaban J connectivity index is 1.44. The van der Waals surface area contributed by atoms with Gasteiger partial charge in [0.1, 0.15) is 12.7 Å². The number of nitrogens with two attached hydrogens (primary N) is 1. The summed E-state index contributed by atoms with van der Waals surface area (Å²) in [4.78, 5) is 43.5. The molecule has 184 valence electrons. The third-order valence-corrected chi connectivity index (χ3v) is 5.50. The molecule has 12 nitrogen and oxygen atoms in total. The van der Waals surface area contributed by atoms with Crippen LogP contribution in [0.3, 0.4) is 0 Å². The van der Waals surface area contributed by atoms with Crippen LogP contribution in [-0.4, -0.2) is 61.9 Å². The SMILES string of the molecule is Nc1nc2c(nnn2C2O[C@H](COC(=O)c3ccccc3)[C@@H](F)[C@H]2OC(=O)c2ccccc2)c(=O)[nH]1. The molecule has 4 aromatic rings. The normalized spacial score (nSPS) is 21.4. The molecular weight excluding hydrogens is 475 g/mol. The lowest BCUT2D eigenvalue weighted by molar-refractivity contribution is -0.0655. The molecule has 36 heavy (non-hydrogen) atoms. The zero-order chi connectivity index (χ0) is 25.2. The van der Waals surface area contributed by atoms with Crippen LogP contribution in [0.1, 0.15) is 26.9 Å². The maximum atomic E-state index is 15.6. The van der Waals surface area contributed by atoms with E-state index in [1.165, 1.54) is 12.1 Å². The van der Waals surface area contributed by atoms with Gasteiger partial charge in [0.15, 0.2) is 29.7 Å². The number of carbonyl (C=O) groups excluding carboxylic acids is 2. The minimum Gasteiger partial charge on any atom is -0.459 e. The Morgan fingerprint density at radius 3 is 2.36 bits per heavy atom. The Bertz CT molecular complexity index is 1460. The highest BCUT2D eigenvalue weighted by Crippen LogP contribution is 2.35. The second-order valence-electron chi connectivity index (χ2n) is 7.87. The van der Waals surface area contributed by atoms with Crippen LogP contribution in [0.25, 0.3) is 11.2 Å². The maximum absolute atomic E-state index is 15.6. The highest BCUT2D eigenvalue weighted by Gasteiger charge is 2.50. The lowest BCUT2D eigenvalue weighted by atomic mass is 10.1. The number of hydrogen-bond donors (Lipinski definition) is 2. The van der Waals surface area contributed by atoms with Gasteiger partial charge in [0.25, 0.3) is 5.56 Å². The van der Waals surface area contributed by atoms with E-state index in [2.05, 4.69) is 20.3 Å². The molecule has 0 saturated carbocycles. The first-order valence-corrected chi connectivity index (χ1v) is 10.8. The fourth-order valence-corrected chi connectivity index (χ4v) is 3.76. The molecule has 4 atom stereocenters. The maximum Gasteiger partial charge on any atom is 0.338 e. The molecular formula is C23H19FN6O6. The summed E-state index contributed by atoms with van der Waals surface area (Å²) in [6.45, 7) is -0.479. The van der Waals surface area contributed by atoms with Crippen molar-refractivity contribution in [3.05, 3.63) is 82.1 Å². The number of H-pyrrole nitrogens is 1. The summed E-state index contributed by atoms with van der Waals surface area (Å²) >= 11 is 0. The number of esters is 2. The number of nitrogens with zero attached hydrogens (tertiary/aromatic N) is 4. The fourth-order valence-electron chi connectivity index (χ4n) is 3.76.